The highest BCUT2D eigenvalue weighted by atomic mass is 79.9. The first-order valence-electron chi connectivity index (χ1n) is 6.88. The molecule has 1 fully saturated rings. The van der Waals surface area contributed by atoms with E-state index >= 15 is 0 Å². The van der Waals surface area contributed by atoms with Crippen molar-refractivity contribution in [1.29, 1.82) is 0 Å². The summed E-state index contributed by atoms with van der Waals surface area (Å²) in [6.07, 6.45) is 4.08. The molecule has 3 rings (SSSR count). The van der Waals surface area contributed by atoms with Crippen molar-refractivity contribution in [3.8, 4) is 5.69 Å². The van der Waals surface area contributed by atoms with Gasteiger partial charge in [-0.15, -0.1) is 0 Å². The van der Waals surface area contributed by atoms with Gasteiger partial charge in [0.1, 0.15) is 5.15 Å². The molecular weight excluding hydrogens is 356 g/mol. The van der Waals surface area contributed by atoms with E-state index in [1.54, 1.807) is 18.2 Å². The molecule has 1 aromatic heterocycles. The van der Waals surface area contributed by atoms with Crippen LogP contribution in [0.15, 0.2) is 38.3 Å². The van der Waals surface area contributed by atoms with E-state index in [4.69, 9.17) is 11.6 Å². The van der Waals surface area contributed by atoms with Crippen LogP contribution >= 0.6 is 27.5 Å². The van der Waals surface area contributed by atoms with Crippen LogP contribution in [0.3, 0.4) is 0 Å². The fourth-order valence-corrected chi connectivity index (χ4v) is 3.64. The van der Waals surface area contributed by atoms with Crippen molar-refractivity contribution in [2.75, 3.05) is 0 Å². The van der Waals surface area contributed by atoms with Gasteiger partial charge in [-0.3, -0.25) is 9.78 Å². The first-order chi connectivity index (χ1) is 10.1. The van der Waals surface area contributed by atoms with Gasteiger partial charge in [0.05, 0.1) is 11.3 Å². The summed E-state index contributed by atoms with van der Waals surface area (Å²) in [6, 6.07) is 7.10. The topological polar surface area (TPSA) is 54.9 Å². The van der Waals surface area contributed by atoms with E-state index in [0.29, 0.717) is 11.3 Å². The molecule has 1 aliphatic carbocycles. The summed E-state index contributed by atoms with van der Waals surface area (Å²) >= 11 is 9.48. The average molecular weight is 370 g/mol. The van der Waals surface area contributed by atoms with Gasteiger partial charge in [-0.1, -0.05) is 46.4 Å². The van der Waals surface area contributed by atoms with Crippen LogP contribution in [0.5, 0.6) is 0 Å². The van der Waals surface area contributed by atoms with E-state index in [0.717, 1.165) is 34.7 Å². The normalized spacial score (nSPS) is 15.5. The average Bonchev–Trinajstić information content (AvgIpc) is 2.92. The van der Waals surface area contributed by atoms with Crippen LogP contribution in [0.4, 0.5) is 0 Å². The number of rotatable bonds is 2. The maximum absolute atomic E-state index is 12.8. The lowest BCUT2D eigenvalue weighted by Crippen LogP contribution is -2.36. The second-order valence-electron chi connectivity index (χ2n) is 5.26. The maximum Gasteiger partial charge on any atom is 0.334 e. The Hall–Kier alpha value is -1.33. The van der Waals surface area contributed by atoms with Crippen LogP contribution in [-0.2, 0) is 0 Å². The minimum atomic E-state index is -0.509. The molecule has 1 aliphatic rings. The molecule has 110 valence electrons. The van der Waals surface area contributed by atoms with Gasteiger partial charge in [0.2, 0.25) is 0 Å². The van der Waals surface area contributed by atoms with Crippen molar-refractivity contribution in [3.63, 3.8) is 0 Å². The number of aromatic amines is 1. The molecular formula is C15H14BrClN2O2. The second-order valence-corrected chi connectivity index (χ2v) is 6.55. The van der Waals surface area contributed by atoms with E-state index < -0.39 is 5.69 Å². The van der Waals surface area contributed by atoms with Gasteiger partial charge in [-0.05, 0) is 37.0 Å². The number of halogens is 2. The van der Waals surface area contributed by atoms with E-state index in [1.807, 2.05) is 6.07 Å². The summed E-state index contributed by atoms with van der Waals surface area (Å²) in [5, 5.41) is 0.183. The van der Waals surface area contributed by atoms with Gasteiger partial charge < -0.3 is 0 Å². The molecule has 0 bridgehead atoms. The van der Waals surface area contributed by atoms with Crippen LogP contribution in [-0.4, -0.2) is 9.55 Å². The summed E-state index contributed by atoms with van der Waals surface area (Å²) in [7, 11) is 0. The molecule has 2 aromatic rings. The van der Waals surface area contributed by atoms with Gasteiger partial charge in [0, 0.05) is 4.47 Å². The number of hydrogen-bond acceptors (Lipinski definition) is 2. The molecule has 0 saturated heterocycles. The Labute approximate surface area is 134 Å². The van der Waals surface area contributed by atoms with E-state index in [1.165, 1.54) is 0 Å². The van der Waals surface area contributed by atoms with Crippen LogP contribution in [0.1, 0.15) is 37.2 Å². The van der Waals surface area contributed by atoms with E-state index in [2.05, 4.69) is 20.9 Å². The van der Waals surface area contributed by atoms with Crippen molar-refractivity contribution in [2.24, 2.45) is 0 Å². The quantitative estimate of drug-likeness (QED) is 0.822. The molecule has 1 aromatic carbocycles. The van der Waals surface area contributed by atoms with Gasteiger partial charge in [-0.25, -0.2) is 9.36 Å². The lowest BCUT2D eigenvalue weighted by molar-refractivity contribution is 0.688. The third-order valence-corrected chi connectivity index (χ3v) is 4.71. The zero-order chi connectivity index (χ0) is 15.0. The SMILES string of the molecule is O=c1[nH]c(Cl)c(C2CCCC2)c(=O)n1-c1cccc(Br)c1. The lowest BCUT2D eigenvalue weighted by atomic mass is 10.0. The van der Waals surface area contributed by atoms with Crippen LogP contribution in [0, 0.1) is 0 Å². The number of nitrogens with zero attached hydrogens (tertiary/aromatic N) is 1. The molecule has 1 heterocycles. The Morgan fingerprint density at radius 1 is 1.24 bits per heavy atom. The molecule has 1 N–H and O–H groups in total. The predicted molar refractivity (Wildman–Crippen MR) is 86.6 cm³/mol. The monoisotopic (exact) mass is 368 g/mol. The zero-order valence-electron chi connectivity index (χ0n) is 11.2. The number of H-pyrrole nitrogens is 1. The molecule has 0 atom stereocenters. The summed E-state index contributed by atoms with van der Waals surface area (Å²) < 4.78 is 1.97. The second kappa shape index (κ2) is 5.81. The summed E-state index contributed by atoms with van der Waals surface area (Å²) in [6.45, 7) is 0. The van der Waals surface area contributed by atoms with Gasteiger partial charge in [0.15, 0.2) is 0 Å². The van der Waals surface area contributed by atoms with Crippen molar-refractivity contribution < 1.29 is 0 Å². The molecule has 4 nitrogen and oxygen atoms in total. The van der Waals surface area contributed by atoms with Crippen LogP contribution in [0.25, 0.3) is 5.69 Å². The highest BCUT2D eigenvalue weighted by Gasteiger charge is 2.25. The number of benzene rings is 1. The van der Waals surface area contributed by atoms with Crippen molar-refractivity contribution >= 4 is 27.5 Å². The van der Waals surface area contributed by atoms with Crippen LogP contribution < -0.4 is 11.2 Å². The lowest BCUT2D eigenvalue weighted by Gasteiger charge is -2.13. The van der Waals surface area contributed by atoms with E-state index in [-0.39, 0.29) is 16.6 Å². The first kappa shape index (κ1) is 14.6. The molecule has 0 unspecified atom stereocenters. The predicted octanol–water partition coefficient (Wildman–Crippen LogP) is 3.60. The Kier molecular flexibility index (Phi) is 4.04. The minimum absolute atomic E-state index is 0.139. The molecule has 1 saturated carbocycles. The summed E-state index contributed by atoms with van der Waals surface area (Å²) in [4.78, 5) is 27.5. The Morgan fingerprint density at radius 2 is 1.95 bits per heavy atom. The fourth-order valence-electron chi connectivity index (χ4n) is 2.94. The summed E-state index contributed by atoms with van der Waals surface area (Å²) in [5.74, 6) is 0.139. The van der Waals surface area contributed by atoms with Crippen molar-refractivity contribution in [1.82, 2.24) is 9.55 Å². The largest absolute Gasteiger partial charge is 0.334 e. The smallest absolute Gasteiger partial charge is 0.297 e. The fraction of sp³-hybridized carbons (Fsp3) is 0.333. The molecule has 0 spiro atoms. The Morgan fingerprint density at radius 3 is 2.62 bits per heavy atom. The van der Waals surface area contributed by atoms with Gasteiger partial charge in [-0.2, -0.15) is 0 Å². The zero-order valence-corrected chi connectivity index (χ0v) is 13.6. The van der Waals surface area contributed by atoms with Crippen molar-refractivity contribution in [2.45, 2.75) is 31.6 Å². The van der Waals surface area contributed by atoms with Crippen LogP contribution in [0.2, 0.25) is 5.15 Å². The molecule has 0 amide bonds. The third kappa shape index (κ3) is 2.72. The standard InChI is InChI=1S/C15H14BrClN2O2/c16-10-6-3-7-11(8-10)19-14(20)12(9-4-1-2-5-9)13(17)18-15(19)21/h3,6-9H,1-2,4-5H2,(H,18,21). The first-order valence-corrected chi connectivity index (χ1v) is 8.05. The maximum atomic E-state index is 12.8. The van der Waals surface area contributed by atoms with Gasteiger partial charge in [0.25, 0.3) is 5.56 Å². The highest BCUT2D eigenvalue weighted by molar-refractivity contribution is 9.10. The third-order valence-electron chi connectivity index (χ3n) is 3.92. The Balaban J connectivity index is 2.24. The number of hydrogen-bond donors (Lipinski definition) is 1. The van der Waals surface area contributed by atoms with E-state index in [9.17, 15) is 9.59 Å². The number of aromatic nitrogens is 2. The Bertz CT molecular complexity index is 791. The minimum Gasteiger partial charge on any atom is -0.297 e. The molecule has 21 heavy (non-hydrogen) atoms. The number of nitrogens with one attached hydrogen (secondary N) is 1. The summed E-state index contributed by atoms with van der Waals surface area (Å²) in [5.41, 5.74) is 0.249. The van der Waals surface area contributed by atoms with Gasteiger partial charge >= 0.3 is 5.69 Å². The molecule has 6 heteroatoms. The molecule has 0 aliphatic heterocycles. The highest BCUT2D eigenvalue weighted by Crippen LogP contribution is 2.34. The molecule has 0 radical (unpaired) electrons. The van der Waals surface area contributed by atoms with Crippen molar-refractivity contribution in [3.05, 3.63) is 60.3 Å².